The first-order valence-electron chi connectivity index (χ1n) is 6.73. The Labute approximate surface area is 119 Å². The molecule has 0 bridgehead atoms. The zero-order valence-electron chi connectivity index (χ0n) is 12.1. The number of rotatable bonds is 5. The minimum absolute atomic E-state index is 0.0536. The molecule has 1 amide bonds. The predicted octanol–water partition coefficient (Wildman–Crippen LogP) is 0.722. The molecule has 0 aliphatic carbocycles. The summed E-state index contributed by atoms with van der Waals surface area (Å²) < 4.78 is 16.9. The van der Waals surface area contributed by atoms with Gasteiger partial charge in [-0.1, -0.05) is 12.1 Å². The lowest BCUT2D eigenvalue weighted by molar-refractivity contribution is -0.119. The van der Waals surface area contributed by atoms with Crippen molar-refractivity contribution in [1.29, 1.82) is 0 Å². The van der Waals surface area contributed by atoms with E-state index in [2.05, 4.69) is 5.32 Å². The largest absolute Gasteiger partial charge is 0.494 e. The van der Waals surface area contributed by atoms with Crippen LogP contribution in [-0.4, -0.2) is 38.4 Å². The molecule has 20 heavy (non-hydrogen) atoms. The fourth-order valence-electron chi connectivity index (χ4n) is 1.92. The summed E-state index contributed by atoms with van der Waals surface area (Å²) in [4.78, 5) is 10.7. The molecule has 0 saturated carbocycles. The van der Waals surface area contributed by atoms with Crippen molar-refractivity contribution in [3.8, 4) is 5.75 Å². The molecule has 1 N–H and O–H groups in total. The molecular weight excluding hydrogens is 257 g/mol. The summed E-state index contributed by atoms with van der Waals surface area (Å²) in [5, 5.41) is 2.68. The third-order valence-electron chi connectivity index (χ3n) is 2.91. The van der Waals surface area contributed by atoms with Crippen LogP contribution in [0.4, 0.5) is 0 Å². The van der Waals surface area contributed by atoms with Crippen molar-refractivity contribution in [3.63, 3.8) is 0 Å². The Kier molecular flexibility index (Phi) is 4.67. The summed E-state index contributed by atoms with van der Waals surface area (Å²) >= 11 is 0. The highest BCUT2D eigenvalue weighted by atomic mass is 16.7. The van der Waals surface area contributed by atoms with Crippen LogP contribution in [0.1, 0.15) is 20.8 Å². The summed E-state index contributed by atoms with van der Waals surface area (Å²) in [5.41, 5.74) is 0.739. The van der Waals surface area contributed by atoms with Gasteiger partial charge >= 0.3 is 7.12 Å². The lowest BCUT2D eigenvalue weighted by atomic mass is 9.79. The van der Waals surface area contributed by atoms with E-state index in [1.807, 2.05) is 38.1 Å². The summed E-state index contributed by atoms with van der Waals surface area (Å²) in [6.07, 6.45) is 0. The Morgan fingerprint density at radius 1 is 1.40 bits per heavy atom. The maximum absolute atomic E-state index is 10.7. The van der Waals surface area contributed by atoms with Gasteiger partial charge in [-0.3, -0.25) is 4.79 Å². The molecule has 1 heterocycles. The van der Waals surface area contributed by atoms with E-state index >= 15 is 0 Å². The van der Waals surface area contributed by atoms with Gasteiger partial charge in [0, 0.05) is 6.92 Å². The van der Waals surface area contributed by atoms with Crippen LogP contribution in [0.2, 0.25) is 0 Å². The summed E-state index contributed by atoms with van der Waals surface area (Å²) in [5.74, 6) is 0.707. The molecule has 6 heteroatoms. The molecular formula is C14H20BNO4. The van der Waals surface area contributed by atoms with Gasteiger partial charge in [-0.25, -0.2) is 0 Å². The molecule has 0 radical (unpaired) electrons. The summed E-state index contributed by atoms with van der Waals surface area (Å²) in [6, 6.07) is 7.61. The van der Waals surface area contributed by atoms with Gasteiger partial charge in [-0.05, 0) is 31.4 Å². The molecule has 0 aromatic heterocycles. The number of hydrogen-bond acceptors (Lipinski definition) is 4. The van der Waals surface area contributed by atoms with E-state index in [1.54, 1.807) is 0 Å². The van der Waals surface area contributed by atoms with Crippen LogP contribution in [0.15, 0.2) is 24.3 Å². The first kappa shape index (κ1) is 14.9. The van der Waals surface area contributed by atoms with Crippen molar-refractivity contribution in [2.24, 2.45) is 0 Å². The first-order chi connectivity index (χ1) is 9.46. The topological polar surface area (TPSA) is 56.8 Å². The minimum atomic E-state index is -0.307. The molecule has 0 spiro atoms. The van der Waals surface area contributed by atoms with E-state index < -0.39 is 0 Å². The van der Waals surface area contributed by atoms with E-state index in [9.17, 15) is 4.79 Å². The van der Waals surface area contributed by atoms with Crippen molar-refractivity contribution >= 4 is 18.5 Å². The van der Waals surface area contributed by atoms with Crippen LogP contribution >= 0.6 is 0 Å². The molecule has 0 unspecified atom stereocenters. The van der Waals surface area contributed by atoms with E-state index in [0.29, 0.717) is 19.8 Å². The van der Waals surface area contributed by atoms with Gasteiger partial charge in [-0.2, -0.15) is 0 Å². The van der Waals surface area contributed by atoms with E-state index in [1.165, 1.54) is 6.92 Å². The van der Waals surface area contributed by atoms with Gasteiger partial charge in [0.1, 0.15) is 12.4 Å². The van der Waals surface area contributed by atoms with Gasteiger partial charge < -0.3 is 19.4 Å². The van der Waals surface area contributed by atoms with Crippen molar-refractivity contribution in [3.05, 3.63) is 24.3 Å². The molecule has 0 atom stereocenters. The van der Waals surface area contributed by atoms with E-state index in [-0.39, 0.29) is 18.6 Å². The number of ether oxygens (including phenoxy) is 1. The molecule has 1 saturated heterocycles. The van der Waals surface area contributed by atoms with Crippen LogP contribution < -0.4 is 15.5 Å². The lowest BCUT2D eigenvalue weighted by Gasteiger charge is -2.15. The molecule has 108 valence electrons. The van der Waals surface area contributed by atoms with E-state index in [4.69, 9.17) is 14.0 Å². The number of amides is 1. The van der Waals surface area contributed by atoms with Gasteiger partial charge in [0.15, 0.2) is 0 Å². The smallest absolute Gasteiger partial charge is 0.492 e. The minimum Gasteiger partial charge on any atom is -0.492 e. The highest BCUT2D eigenvalue weighted by molar-refractivity contribution is 6.61. The second-order valence-electron chi connectivity index (χ2n) is 5.42. The quantitative estimate of drug-likeness (QED) is 0.636. The average Bonchev–Trinajstić information content (AvgIpc) is 2.76. The van der Waals surface area contributed by atoms with Crippen molar-refractivity contribution < 1.29 is 18.8 Å². The van der Waals surface area contributed by atoms with Gasteiger partial charge in [0.05, 0.1) is 18.8 Å². The third kappa shape index (κ3) is 4.25. The Bertz CT molecular complexity index is 461. The highest BCUT2D eigenvalue weighted by Gasteiger charge is 2.37. The van der Waals surface area contributed by atoms with Crippen LogP contribution in [0, 0.1) is 0 Å². The SMILES string of the molecule is CC(=O)NCCOc1ccc(B2OCC(C)(C)O2)cc1. The number of carbonyl (C=O) groups excluding carboxylic acids is 1. The van der Waals surface area contributed by atoms with Crippen molar-refractivity contribution in [2.45, 2.75) is 26.4 Å². The van der Waals surface area contributed by atoms with Crippen LogP contribution in [0.3, 0.4) is 0 Å². The third-order valence-corrected chi connectivity index (χ3v) is 2.91. The first-order valence-corrected chi connectivity index (χ1v) is 6.73. The second kappa shape index (κ2) is 6.28. The number of hydrogen-bond donors (Lipinski definition) is 1. The average molecular weight is 277 g/mol. The van der Waals surface area contributed by atoms with Crippen LogP contribution in [0.5, 0.6) is 5.75 Å². The van der Waals surface area contributed by atoms with Gasteiger partial charge in [0.2, 0.25) is 5.91 Å². The highest BCUT2D eigenvalue weighted by Crippen LogP contribution is 2.20. The molecule has 5 nitrogen and oxygen atoms in total. The molecule has 1 aliphatic rings. The number of carbonyl (C=O) groups is 1. The standard InChI is InChI=1S/C14H20BNO4/c1-11(17)16-8-9-18-13-6-4-12(5-7-13)15-19-10-14(2,3)20-15/h4-7H,8-10H2,1-3H3,(H,16,17). The van der Waals surface area contributed by atoms with Gasteiger partial charge in [-0.15, -0.1) is 0 Å². The Balaban J connectivity index is 1.82. The van der Waals surface area contributed by atoms with Crippen molar-refractivity contribution in [2.75, 3.05) is 19.8 Å². The fourth-order valence-corrected chi connectivity index (χ4v) is 1.92. The Morgan fingerprint density at radius 3 is 2.65 bits per heavy atom. The van der Waals surface area contributed by atoms with Crippen LogP contribution in [0.25, 0.3) is 0 Å². The normalized spacial score (nSPS) is 17.1. The van der Waals surface area contributed by atoms with Crippen LogP contribution in [-0.2, 0) is 14.1 Å². The van der Waals surface area contributed by atoms with Gasteiger partial charge in [0.25, 0.3) is 0 Å². The lowest BCUT2D eigenvalue weighted by Crippen LogP contribution is -2.34. The van der Waals surface area contributed by atoms with Crippen molar-refractivity contribution in [1.82, 2.24) is 5.32 Å². The zero-order valence-corrected chi connectivity index (χ0v) is 12.1. The molecule has 1 aliphatic heterocycles. The summed E-state index contributed by atoms with van der Waals surface area (Å²) in [7, 11) is -0.307. The predicted molar refractivity (Wildman–Crippen MR) is 77.1 cm³/mol. The maximum atomic E-state index is 10.7. The molecule has 1 fully saturated rings. The maximum Gasteiger partial charge on any atom is 0.494 e. The summed E-state index contributed by atoms with van der Waals surface area (Å²) in [6.45, 7) is 7.03. The fraction of sp³-hybridized carbons (Fsp3) is 0.500. The number of benzene rings is 1. The number of nitrogens with one attached hydrogen (secondary N) is 1. The molecule has 1 aromatic carbocycles. The second-order valence-corrected chi connectivity index (χ2v) is 5.42. The zero-order chi connectivity index (χ0) is 14.6. The van der Waals surface area contributed by atoms with E-state index in [0.717, 1.165) is 11.2 Å². The monoisotopic (exact) mass is 277 g/mol. The molecule has 1 aromatic rings. The Morgan fingerprint density at radius 2 is 2.10 bits per heavy atom. The Hall–Kier alpha value is -1.53. The molecule has 2 rings (SSSR count).